The van der Waals surface area contributed by atoms with Crippen LogP contribution in [0.15, 0.2) is 18.5 Å². The maximum absolute atomic E-state index is 12.3. The summed E-state index contributed by atoms with van der Waals surface area (Å²) >= 11 is 0. The van der Waals surface area contributed by atoms with Crippen LogP contribution in [0.25, 0.3) is 0 Å². The first-order chi connectivity index (χ1) is 10.2. The molecule has 0 unspecified atom stereocenters. The minimum Gasteiger partial charge on any atom is -0.368 e. The van der Waals surface area contributed by atoms with E-state index in [9.17, 15) is 4.79 Å². The van der Waals surface area contributed by atoms with Crippen molar-refractivity contribution in [3.8, 4) is 0 Å². The van der Waals surface area contributed by atoms with E-state index in [0.29, 0.717) is 19.0 Å². The first kappa shape index (κ1) is 14.3. The lowest BCUT2D eigenvalue weighted by Gasteiger charge is -2.35. The lowest BCUT2D eigenvalue weighted by Crippen LogP contribution is -2.51. The molecule has 2 fully saturated rings. The van der Waals surface area contributed by atoms with Crippen LogP contribution in [0.2, 0.25) is 0 Å². The van der Waals surface area contributed by atoms with Gasteiger partial charge in [0.1, 0.15) is 6.10 Å². The standard InChI is InChI=1S/C15H22N4O2/c1-12(21-11-13-3-4-13)14(20)18-7-9-19(10-8-18)15-16-5-2-6-17-15/h2,5-6,12-13H,3-4,7-11H2,1H3/t12-/m0/s1. The Morgan fingerprint density at radius 3 is 2.57 bits per heavy atom. The Labute approximate surface area is 125 Å². The van der Waals surface area contributed by atoms with Crippen molar-refractivity contribution in [1.82, 2.24) is 14.9 Å². The quantitative estimate of drug-likeness (QED) is 0.808. The third-order valence-electron chi connectivity index (χ3n) is 4.05. The van der Waals surface area contributed by atoms with Crippen molar-refractivity contribution in [1.29, 1.82) is 0 Å². The van der Waals surface area contributed by atoms with Crippen molar-refractivity contribution < 1.29 is 9.53 Å². The van der Waals surface area contributed by atoms with E-state index in [-0.39, 0.29) is 12.0 Å². The zero-order valence-corrected chi connectivity index (χ0v) is 12.4. The Hall–Kier alpha value is -1.69. The molecular weight excluding hydrogens is 268 g/mol. The molecule has 2 heterocycles. The number of amides is 1. The number of hydrogen-bond donors (Lipinski definition) is 0. The number of nitrogens with zero attached hydrogens (tertiary/aromatic N) is 4. The highest BCUT2D eigenvalue weighted by Crippen LogP contribution is 2.29. The molecule has 3 rings (SSSR count). The molecule has 1 aliphatic carbocycles. The second-order valence-corrected chi connectivity index (χ2v) is 5.78. The van der Waals surface area contributed by atoms with Crippen molar-refractivity contribution in [3.05, 3.63) is 18.5 Å². The van der Waals surface area contributed by atoms with Crippen LogP contribution in [0.1, 0.15) is 19.8 Å². The van der Waals surface area contributed by atoms with Gasteiger partial charge in [-0.2, -0.15) is 0 Å². The molecule has 1 amide bonds. The molecule has 114 valence electrons. The van der Waals surface area contributed by atoms with E-state index in [1.807, 2.05) is 17.9 Å². The van der Waals surface area contributed by atoms with E-state index in [1.165, 1.54) is 12.8 Å². The van der Waals surface area contributed by atoms with Gasteiger partial charge in [0.25, 0.3) is 5.91 Å². The van der Waals surface area contributed by atoms with Gasteiger partial charge in [-0.05, 0) is 31.7 Å². The molecule has 0 bridgehead atoms. The number of hydrogen-bond acceptors (Lipinski definition) is 5. The van der Waals surface area contributed by atoms with Crippen LogP contribution in [0.4, 0.5) is 5.95 Å². The monoisotopic (exact) mass is 290 g/mol. The average molecular weight is 290 g/mol. The molecule has 1 saturated carbocycles. The van der Waals surface area contributed by atoms with Crippen LogP contribution in [-0.2, 0) is 9.53 Å². The van der Waals surface area contributed by atoms with Crippen molar-refractivity contribution in [2.45, 2.75) is 25.9 Å². The molecule has 0 spiro atoms. The number of rotatable bonds is 5. The summed E-state index contributed by atoms with van der Waals surface area (Å²) in [6.45, 7) is 5.53. The summed E-state index contributed by atoms with van der Waals surface area (Å²) in [4.78, 5) is 24.8. The van der Waals surface area contributed by atoms with E-state index >= 15 is 0 Å². The first-order valence-corrected chi connectivity index (χ1v) is 7.66. The van der Waals surface area contributed by atoms with Gasteiger partial charge in [0.15, 0.2) is 0 Å². The number of ether oxygens (including phenoxy) is 1. The average Bonchev–Trinajstić information content (AvgIpc) is 3.37. The lowest BCUT2D eigenvalue weighted by atomic mass is 10.2. The SMILES string of the molecule is C[C@H](OCC1CC1)C(=O)N1CCN(c2ncccn2)CC1. The van der Waals surface area contributed by atoms with Crippen LogP contribution in [0.3, 0.4) is 0 Å². The maximum atomic E-state index is 12.3. The predicted molar refractivity (Wildman–Crippen MR) is 79.0 cm³/mol. The Balaban J connectivity index is 1.47. The zero-order chi connectivity index (χ0) is 14.7. The summed E-state index contributed by atoms with van der Waals surface area (Å²) < 4.78 is 5.66. The Bertz CT molecular complexity index is 470. The fourth-order valence-corrected chi connectivity index (χ4v) is 2.47. The Morgan fingerprint density at radius 1 is 1.29 bits per heavy atom. The minimum absolute atomic E-state index is 0.101. The van der Waals surface area contributed by atoms with Gasteiger partial charge in [-0.15, -0.1) is 0 Å². The fourth-order valence-electron chi connectivity index (χ4n) is 2.47. The van der Waals surface area contributed by atoms with Crippen LogP contribution in [0, 0.1) is 5.92 Å². The highest BCUT2D eigenvalue weighted by Gasteiger charge is 2.28. The highest BCUT2D eigenvalue weighted by molar-refractivity contribution is 5.80. The third kappa shape index (κ3) is 3.69. The van der Waals surface area contributed by atoms with Crippen molar-refractivity contribution >= 4 is 11.9 Å². The molecule has 1 aromatic heterocycles. The van der Waals surface area contributed by atoms with E-state index in [4.69, 9.17) is 4.74 Å². The summed E-state index contributed by atoms with van der Waals surface area (Å²) in [7, 11) is 0. The highest BCUT2D eigenvalue weighted by atomic mass is 16.5. The van der Waals surface area contributed by atoms with E-state index in [1.54, 1.807) is 12.4 Å². The fraction of sp³-hybridized carbons (Fsp3) is 0.667. The number of carbonyl (C=O) groups is 1. The number of piperazine rings is 1. The topological polar surface area (TPSA) is 58.6 Å². The molecule has 0 radical (unpaired) electrons. The van der Waals surface area contributed by atoms with Crippen molar-refractivity contribution in [2.24, 2.45) is 5.92 Å². The summed E-state index contributed by atoms with van der Waals surface area (Å²) in [6.07, 6.45) is 5.65. The van der Waals surface area contributed by atoms with Gasteiger partial charge in [-0.3, -0.25) is 4.79 Å². The summed E-state index contributed by atoms with van der Waals surface area (Å²) in [5, 5.41) is 0. The Morgan fingerprint density at radius 2 is 1.95 bits per heavy atom. The second-order valence-electron chi connectivity index (χ2n) is 5.78. The molecule has 6 heteroatoms. The molecule has 0 N–H and O–H groups in total. The van der Waals surface area contributed by atoms with Crippen LogP contribution < -0.4 is 4.90 Å². The van der Waals surface area contributed by atoms with Gasteiger partial charge in [0, 0.05) is 38.6 Å². The van der Waals surface area contributed by atoms with E-state index in [2.05, 4.69) is 14.9 Å². The molecule has 6 nitrogen and oxygen atoms in total. The van der Waals surface area contributed by atoms with Gasteiger partial charge in [-0.25, -0.2) is 9.97 Å². The third-order valence-corrected chi connectivity index (χ3v) is 4.05. The molecule has 1 aliphatic heterocycles. The van der Waals surface area contributed by atoms with Gasteiger partial charge < -0.3 is 14.5 Å². The van der Waals surface area contributed by atoms with Gasteiger partial charge >= 0.3 is 0 Å². The largest absolute Gasteiger partial charge is 0.368 e. The second kappa shape index (κ2) is 6.39. The molecule has 1 saturated heterocycles. The van der Waals surface area contributed by atoms with Crippen molar-refractivity contribution in [3.63, 3.8) is 0 Å². The van der Waals surface area contributed by atoms with E-state index < -0.39 is 0 Å². The van der Waals surface area contributed by atoms with Gasteiger partial charge in [-0.1, -0.05) is 0 Å². The lowest BCUT2D eigenvalue weighted by molar-refractivity contribution is -0.143. The van der Waals surface area contributed by atoms with Crippen LogP contribution in [0.5, 0.6) is 0 Å². The van der Waals surface area contributed by atoms with Crippen LogP contribution in [-0.4, -0.2) is 59.7 Å². The molecule has 0 aromatic carbocycles. The number of anilines is 1. The smallest absolute Gasteiger partial charge is 0.251 e. The normalized spacial score (nSPS) is 20.4. The molecule has 2 aliphatic rings. The zero-order valence-electron chi connectivity index (χ0n) is 12.4. The molecule has 1 atom stereocenters. The number of aromatic nitrogens is 2. The molecule has 21 heavy (non-hydrogen) atoms. The molecule has 1 aromatic rings. The van der Waals surface area contributed by atoms with Crippen LogP contribution >= 0.6 is 0 Å². The van der Waals surface area contributed by atoms with Gasteiger partial charge in [0.2, 0.25) is 5.95 Å². The Kier molecular flexibility index (Phi) is 4.34. The summed E-state index contributed by atoms with van der Waals surface area (Å²) in [5.74, 6) is 1.53. The van der Waals surface area contributed by atoms with E-state index in [0.717, 1.165) is 25.6 Å². The maximum Gasteiger partial charge on any atom is 0.251 e. The van der Waals surface area contributed by atoms with Gasteiger partial charge in [0.05, 0.1) is 6.61 Å². The summed E-state index contributed by atoms with van der Waals surface area (Å²) in [6, 6.07) is 1.81. The summed E-state index contributed by atoms with van der Waals surface area (Å²) in [5.41, 5.74) is 0. The first-order valence-electron chi connectivity index (χ1n) is 7.66. The predicted octanol–water partition coefficient (Wildman–Crippen LogP) is 0.940. The minimum atomic E-state index is -0.329. The number of carbonyl (C=O) groups excluding carboxylic acids is 1. The van der Waals surface area contributed by atoms with Crippen molar-refractivity contribution in [2.75, 3.05) is 37.7 Å². The molecular formula is C15H22N4O2.